The predicted molar refractivity (Wildman–Crippen MR) is 62.2 cm³/mol. The number of ether oxygens (including phenoxy) is 1. The Bertz CT molecular complexity index is 523. The van der Waals surface area contributed by atoms with Gasteiger partial charge in [-0.3, -0.25) is 14.3 Å². The van der Waals surface area contributed by atoms with Crippen LogP contribution in [0.2, 0.25) is 0 Å². The first kappa shape index (κ1) is 13.0. The van der Waals surface area contributed by atoms with E-state index >= 15 is 0 Å². The van der Waals surface area contributed by atoms with E-state index in [0.717, 1.165) is 0 Å². The lowest BCUT2D eigenvalue weighted by Gasteiger charge is -2.15. The molecule has 3 atom stereocenters. The van der Waals surface area contributed by atoms with Gasteiger partial charge in [-0.15, -0.1) is 0 Å². The van der Waals surface area contributed by atoms with Gasteiger partial charge in [-0.05, 0) is 6.92 Å². The number of hydrogen-bond donors (Lipinski definition) is 3. The van der Waals surface area contributed by atoms with Crippen LogP contribution >= 0.6 is 0 Å². The first-order valence-corrected chi connectivity index (χ1v) is 5.76. The van der Waals surface area contributed by atoms with Crippen LogP contribution in [0, 0.1) is 12.8 Å². The molecule has 2 rings (SSSR count). The topological polar surface area (TPSA) is 105 Å². The maximum absolute atomic E-state index is 11.7. The van der Waals surface area contributed by atoms with E-state index in [1.54, 1.807) is 6.92 Å². The number of aliphatic hydroxyl groups is 2. The van der Waals surface area contributed by atoms with E-state index in [2.05, 4.69) is 4.98 Å². The van der Waals surface area contributed by atoms with Crippen LogP contribution in [0.1, 0.15) is 18.2 Å². The third-order valence-corrected chi connectivity index (χ3v) is 3.23. The number of aryl methyl sites for hydroxylation is 1. The van der Waals surface area contributed by atoms with Gasteiger partial charge in [0.1, 0.15) is 6.23 Å². The molecule has 1 aromatic rings. The molecule has 1 aromatic heterocycles. The molecule has 0 aliphatic carbocycles. The molecule has 3 N–H and O–H groups in total. The summed E-state index contributed by atoms with van der Waals surface area (Å²) in [5.74, 6) is -0.209. The van der Waals surface area contributed by atoms with Crippen molar-refractivity contribution in [1.82, 2.24) is 9.55 Å². The van der Waals surface area contributed by atoms with Crippen LogP contribution in [0.15, 0.2) is 15.8 Å². The van der Waals surface area contributed by atoms with Crippen molar-refractivity contribution in [2.75, 3.05) is 13.2 Å². The van der Waals surface area contributed by atoms with Crippen molar-refractivity contribution in [1.29, 1.82) is 0 Å². The highest BCUT2D eigenvalue weighted by atomic mass is 16.5. The lowest BCUT2D eigenvalue weighted by molar-refractivity contribution is -0.0367. The highest BCUT2D eigenvalue weighted by Crippen LogP contribution is 2.31. The van der Waals surface area contributed by atoms with E-state index in [4.69, 9.17) is 14.9 Å². The molecule has 1 saturated heterocycles. The third-order valence-electron chi connectivity index (χ3n) is 3.23. The number of hydrogen-bond acceptors (Lipinski definition) is 5. The molecule has 18 heavy (non-hydrogen) atoms. The molecule has 0 radical (unpaired) electrons. The van der Waals surface area contributed by atoms with Crippen molar-refractivity contribution in [3.8, 4) is 0 Å². The van der Waals surface area contributed by atoms with E-state index in [-0.39, 0.29) is 19.1 Å². The Morgan fingerprint density at radius 3 is 2.72 bits per heavy atom. The molecule has 0 saturated carbocycles. The van der Waals surface area contributed by atoms with Crippen molar-refractivity contribution >= 4 is 0 Å². The Morgan fingerprint density at radius 1 is 1.44 bits per heavy atom. The molecule has 0 spiro atoms. The smallest absolute Gasteiger partial charge is 0.330 e. The van der Waals surface area contributed by atoms with Gasteiger partial charge in [-0.2, -0.15) is 0 Å². The van der Waals surface area contributed by atoms with E-state index in [1.165, 1.54) is 10.8 Å². The van der Waals surface area contributed by atoms with E-state index < -0.39 is 23.6 Å². The molecule has 1 aliphatic rings. The summed E-state index contributed by atoms with van der Waals surface area (Å²) in [6.45, 7) is 1.27. The fourth-order valence-electron chi connectivity index (χ4n) is 2.14. The summed E-state index contributed by atoms with van der Waals surface area (Å²) in [7, 11) is 0. The van der Waals surface area contributed by atoms with Crippen molar-refractivity contribution in [2.24, 2.45) is 5.92 Å². The SMILES string of the molecule is Cc1cn(C2C[C@H](CO)[C@@H](CO)O2)c(=O)[nH]c1=O. The average Bonchev–Trinajstić information content (AvgIpc) is 2.76. The van der Waals surface area contributed by atoms with Crippen LogP contribution in [0.5, 0.6) is 0 Å². The van der Waals surface area contributed by atoms with Crippen LogP contribution in [0.3, 0.4) is 0 Å². The fourth-order valence-corrected chi connectivity index (χ4v) is 2.14. The summed E-state index contributed by atoms with van der Waals surface area (Å²) in [5, 5.41) is 18.3. The Morgan fingerprint density at radius 2 is 2.17 bits per heavy atom. The van der Waals surface area contributed by atoms with Crippen LogP contribution in [0.25, 0.3) is 0 Å². The largest absolute Gasteiger partial charge is 0.396 e. The summed E-state index contributed by atoms with van der Waals surface area (Å²) in [4.78, 5) is 25.1. The standard InChI is InChI=1S/C11H16N2O5/c1-6-3-13(11(17)12-10(6)16)9-2-7(4-14)8(5-15)18-9/h3,7-9,14-15H,2,4-5H2,1H3,(H,12,16,17)/t7-,8-,9?/m1/s1. The zero-order chi connectivity index (χ0) is 13.3. The number of H-pyrrole nitrogens is 1. The first-order valence-electron chi connectivity index (χ1n) is 5.76. The van der Waals surface area contributed by atoms with Gasteiger partial charge in [0, 0.05) is 30.7 Å². The highest BCUT2D eigenvalue weighted by Gasteiger charge is 2.35. The minimum atomic E-state index is -0.567. The van der Waals surface area contributed by atoms with E-state index in [9.17, 15) is 9.59 Å². The van der Waals surface area contributed by atoms with Gasteiger partial charge in [0.15, 0.2) is 0 Å². The molecule has 7 heteroatoms. The number of aromatic amines is 1. The van der Waals surface area contributed by atoms with Gasteiger partial charge >= 0.3 is 5.69 Å². The molecule has 1 aliphatic heterocycles. The Hall–Kier alpha value is -1.44. The molecule has 1 unspecified atom stereocenters. The highest BCUT2D eigenvalue weighted by molar-refractivity contribution is 5.01. The summed E-state index contributed by atoms with van der Waals surface area (Å²) in [6, 6.07) is 0. The lowest BCUT2D eigenvalue weighted by atomic mass is 10.0. The third kappa shape index (κ3) is 2.24. The molecule has 2 heterocycles. The van der Waals surface area contributed by atoms with Crippen LogP contribution < -0.4 is 11.2 Å². The molecule has 7 nitrogen and oxygen atoms in total. The minimum absolute atomic E-state index is 0.112. The number of aromatic nitrogens is 2. The molecule has 1 fully saturated rings. The van der Waals surface area contributed by atoms with Crippen molar-refractivity contribution in [2.45, 2.75) is 25.7 Å². The van der Waals surface area contributed by atoms with Gasteiger partial charge < -0.3 is 14.9 Å². The molecular formula is C11H16N2O5. The van der Waals surface area contributed by atoms with Crippen LogP contribution in [-0.2, 0) is 4.74 Å². The average molecular weight is 256 g/mol. The maximum atomic E-state index is 11.7. The summed E-state index contributed by atoms with van der Waals surface area (Å²) >= 11 is 0. The fraction of sp³-hybridized carbons (Fsp3) is 0.636. The minimum Gasteiger partial charge on any atom is -0.396 e. The molecule has 100 valence electrons. The predicted octanol–water partition coefficient (Wildman–Crippen LogP) is -1.27. The number of nitrogens with one attached hydrogen (secondary N) is 1. The van der Waals surface area contributed by atoms with Gasteiger partial charge in [0.25, 0.3) is 5.56 Å². The second-order valence-corrected chi connectivity index (χ2v) is 4.47. The Labute approximate surface area is 103 Å². The number of aliphatic hydroxyl groups excluding tert-OH is 2. The van der Waals surface area contributed by atoms with Crippen molar-refractivity contribution in [3.63, 3.8) is 0 Å². The monoisotopic (exact) mass is 256 g/mol. The van der Waals surface area contributed by atoms with Gasteiger partial charge in [-0.1, -0.05) is 0 Å². The molecular weight excluding hydrogens is 240 g/mol. The summed E-state index contributed by atoms with van der Waals surface area (Å²) in [6.07, 6.45) is 0.800. The van der Waals surface area contributed by atoms with E-state index in [0.29, 0.717) is 12.0 Å². The zero-order valence-electron chi connectivity index (χ0n) is 10.00. The van der Waals surface area contributed by atoms with Crippen LogP contribution in [0.4, 0.5) is 0 Å². The van der Waals surface area contributed by atoms with Gasteiger partial charge in [-0.25, -0.2) is 4.79 Å². The summed E-state index contributed by atoms with van der Waals surface area (Å²) in [5.41, 5.74) is -0.566. The second kappa shape index (κ2) is 5.05. The van der Waals surface area contributed by atoms with E-state index in [1.807, 2.05) is 0 Å². The Kier molecular flexibility index (Phi) is 3.65. The number of rotatable bonds is 3. The second-order valence-electron chi connectivity index (χ2n) is 4.47. The summed E-state index contributed by atoms with van der Waals surface area (Å²) < 4.78 is 6.79. The lowest BCUT2D eigenvalue weighted by Crippen LogP contribution is -2.33. The molecule has 0 bridgehead atoms. The van der Waals surface area contributed by atoms with Crippen molar-refractivity contribution in [3.05, 3.63) is 32.6 Å². The number of nitrogens with zero attached hydrogens (tertiary/aromatic N) is 1. The maximum Gasteiger partial charge on any atom is 0.330 e. The zero-order valence-corrected chi connectivity index (χ0v) is 10.00. The van der Waals surface area contributed by atoms with Gasteiger partial charge in [0.05, 0.1) is 12.7 Å². The normalized spacial score (nSPS) is 27.6. The molecule has 0 aromatic carbocycles. The quantitative estimate of drug-likeness (QED) is 0.625. The van der Waals surface area contributed by atoms with Crippen molar-refractivity contribution < 1.29 is 14.9 Å². The molecule has 0 amide bonds. The van der Waals surface area contributed by atoms with Crippen LogP contribution in [-0.4, -0.2) is 39.1 Å². The first-order chi connectivity index (χ1) is 8.56. The van der Waals surface area contributed by atoms with Gasteiger partial charge in [0.2, 0.25) is 0 Å². The Balaban J connectivity index is 2.31.